The molecule has 136 valence electrons. The van der Waals surface area contributed by atoms with Crippen LogP contribution in [-0.2, 0) is 9.59 Å². The van der Waals surface area contributed by atoms with Crippen LogP contribution in [0.4, 0.5) is 27.5 Å². The highest BCUT2D eigenvalue weighted by Crippen LogP contribution is 2.28. The van der Waals surface area contributed by atoms with Crippen molar-refractivity contribution in [2.24, 2.45) is 10.2 Å². The van der Waals surface area contributed by atoms with E-state index in [1.807, 2.05) is 30.3 Å². The number of amides is 4. The second-order valence-electron chi connectivity index (χ2n) is 5.95. The lowest BCUT2D eigenvalue weighted by atomic mass is 10.2. The average Bonchev–Trinajstić information content (AvgIpc) is 2.97. The van der Waals surface area contributed by atoms with Gasteiger partial charge in [-0.05, 0) is 48.5 Å². The summed E-state index contributed by atoms with van der Waals surface area (Å²) in [5.74, 6) is -1.78. The van der Waals surface area contributed by atoms with Gasteiger partial charge in [0.1, 0.15) is 0 Å². The predicted octanol–water partition coefficient (Wildman–Crippen LogP) is 4.60. The van der Waals surface area contributed by atoms with Crippen LogP contribution in [0.15, 0.2) is 95.2 Å². The van der Waals surface area contributed by atoms with Gasteiger partial charge < -0.3 is 0 Å². The van der Waals surface area contributed by atoms with Crippen LogP contribution in [0.1, 0.15) is 0 Å². The molecule has 0 bridgehead atoms. The average molecular weight is 370 g/mol. The van der Waals surface area contributed by atoms with Crippen molar-refractivity contribution in [3.8, 4) is 0 Å². The molecule has 1 fully saturated rings. The molecule has 0 aromatic heterocycles. The van der Waals surface area contributed by atoms with E-state index in [0.29, 0.717) is 22.7 Å². The molecule has 1 aliphatic rings. The van der Waals surface area contributed by atoms with Gasteiger partial charge in [0, 0.05) is 0 Å². The van der Waals surface area contributed by atoms with Gasteiger partial charge >= 0.3 is 17.8 Å². The maximum absolute atomic E-state index is 12.7. The van der Waals surface area contributed by atoms with Gasteiger partial charge in [0.2, 0.25) is 0 Å². The summed E-state index contributed by atoms with van der Waals surface area (Å²) < 4.78 is 0. The highest BCUT2D eigenvalue weighted by Gasteiger charge is 2.46. The molecule has 1 aliphatic heterocycles. The zero-order chi connectivity index (χ0) is 19.5. The van der Waals surface area contributed by atoms with Crippen molar-refractivity contribution in [2.45, 2.75) is 0 Å². The van der Waals surface area contributed by atoms with E-state index < -0.39 is 17.8 Å². The van der Waals surface area contributed by atoms with Crippen molar-refractivity contribution in [2.75, 3.05) is 9.80 Å². The molecule has 4 amide bonds. The summed E-state index contributed by atoms with van der Waals surface area (Å²) in [5, 5.41) is 8.23. The first-order chi connectivity index (χ1) is 13.6. The number of carbonyl (C=O) groups is 3. The maximum atomic E-state index is 12.7. The standard InChI is InChI=1S/C21H14N4O3/c26-19-20(27)25(21(28)24(19)17-9-5-2-6-10-17)18-13-11-16(12-14-18)23-22-15-7-3-1-4-8-15/h1-14H. The summed E-state index contributed by atoms with van der Waals surface area (Å²) in [6.45, 7) is 0. The van der Waals surface area contributed by atoms with Crippen LogP contribution in [0.5, 0.6) is 0 Å². The number of nitrogens with zero attached hydrogens (tertiary/aromatic N) is 4. The Labute approximate surface area is 160 Å². The summed E-state index contributed by atoms with van der Waals surface area (Å²) in [6.07, 6.45) is 0. The fraction of sp³-hybridized carbons (Fsp3) is 0. The van der Waals surface area contributed by atoms with Gasteiger partial charge in [-0.3, -0.25) is 9.59 Å². The number of hydrogen-bond donors (Lipinski definition) is 0. The highest BCUT2D eigenvalue weighted by atomic mass is 16.2. The van der Waals surface area contributed by atoms with Gasteiger partial charge in [-0.25, -0.2) is 14.6 Å². The van der Waals surface area contributed by atoms with E-state index in [1.165, 1.54) is 0 Å². The molecule has 3 aromatic carbocycles. The second kappa shape index (κ2) is 7.24. The van der Waals surface area contributed by atoms with Crippen molar-refractivity contribution in [1.29, 1.82) is 0 Å². The van der Waals surface area contributed by atoms with Crippen LogP contribution in [0.25, 0.3) is 0 Å². The molecule has 0 saturated carbocycles. The fourth-order valence-corrected chi connectivity index (χ4v) is 2.78. The predicted molar refractivity (Wildman–Crippen MR) is 104 cm³/mol. The number of carbonyl (C=O) groups excluding carboxylic acids is 3. The Kier molecular flexibility index (Phi) is 4.47. The summed E-state index contributed by atoms with van der Waals surface area (Å²) in [6, 6.07) is 23.2. The molecular weight excluding hydrogens is 356 g/mol. The highest BCUT2D eigenvalue weighted by molar-refractivity contribution is 6.60. The number of azo groups is 1. The molecular formula is C21H14N4O3. The molecule has 28 heavy (non-hydrogen) atoms. The Morgan fingerprint density at radius 1 is 0.500 bits per heavy atom. The molecule has 0 atom stereocenters. The normalized spacial score (nSPS) is 14.4. The number of urea groups is 1. The van der Waals surface area contributed by atoms with Gasteiger partial charge in [0.25, 0.3) is 0 Å². The third-order valence-corrected chi connectivity index (χ3v) is 4.13. The summed E-state index contributed by atoms with van der Waals surface area (Å²) in [4.78, 5) is 39.1. The molecule has 0 N–H and O–H groups in total. The fourth-order valence-electron chi connectivity index (χ4n) is 2.78. The van der Waals surface area contributed by atoms with E-state index in [9.17, 15) is 14.4 Å². The summed E-state index contributed by atoms with van der Waals surface area (Å²) >= 11 is 0. The lowest BCUT2D eigenvalue weighted by Crippen LogP contribution is -2.33. The molecule has 1 saturated heterocycles. The third-order valence-electron chi connectivity index (χ3n) is 4.13. The molecule has 1 heterocycles. The summed E-state index contributed by atoms with van der Waals surface area (Å²) in [5.41, 5.74) is 1.90. The summed E-state index contributed by atoms with van der Waals surface area (Å²) in [7, 11) is 0. The topological polar surface area (TPSA) is 82.4 Å². The molecule has 0 unspecified atom stereocenters. The number of benzene rings is 3. The van der Waals surface area contributed by atoms with Gasteiger partial charge in [-0.1, -0.05) is 36.4 Å². The van der Waals surface area contributed by atoms with Crippen LogP contribution in [0, 0.1) is 0 Å². The lowest BCUT2D eigenvalue weighted by Gasteiger charge is -2.15. The SMILES string of the molecule is O=C1C(=O)N(c2ccc(N=Nc3ccccc3)cc2)C(=O)N1c1ccccc1. The van der Waals surface area contributed by atoms with E-state index in [1.54, 1.807) is 54.6 Å². The van der Waals surface area contributed by atoms with Crippen molar-refractivity contribution in [3.05, 3.63) is 84.9 Å². The Balaban J connectivity index is 1.57. The van der Waals surface area contributed by atoms with Gasteiger partial charge in [0.05, 0.1) is 22.7 Å². The number of rotatable bonds is 4. The minimum atomic E-state index is -0.896. The Morgan fingerprint density at radius 2 is 0.929 bits per heavy atom. The van der Waals surface area contributed by atoms with Crippen molar-refractivity contribution >= 4 is 40.6 Å². The van der Waals surface area contributed by atoms with Gasteiger partial charge in [-0.15, -0.1) is 0 Å². The maximum Gasteiger partial charge on any atom is 0.343 e. The molecule has 0 radical (unpaired) electrons. The molecule has 4 rings (SSSR count). The Morgan fingerprint density at radius 3 is 1.46 bits per heavy atom. The minimum absolute atomic E-state index is 0.292. The lowest BCUT2D eigenvalue weighted by molar-refractivity contribution is -0.133. The Hall–Kier alpha value is -4.13. The van der Waals surface area contributed by atoms with E-state index in [2.05, 4.69) is 10.2 Å². The first-order valence-corrected chi connectivity index (χ1v) is 8.49. The Bertz CT molecular complexity index is 1060. The molecule has 7 heteroatoms. The smallest absolute Gasteiger partial charge is 0.262 e. The largest absolute Gasteiger partial charge is 0.343 e. The van der Waals surface area contributed by atoms with Crippen molar-refractivity contribution < 1.29 is 14.4 Å². The van der Waals surface area contributed by atoms with E-state index in [-0.39, 0.29) is 0 Å². The van der Waals surface area contributed by atoms with Crippen LogP contribution in [-0.4, -0.2) is 17.8 Å². The van der Waals surface area contributed by atoms with E-state index in [0.717, 1.165) is 9.80 Å². The number of anilines is 2. The number of imide groups is 2. The van der Waals surface area contributed by atoms with Gasteiger partial charge in [-0.2, -0.15) is 10.2 Å². The van der Waals surface area contributed by atoms with Crippen LogP contribution < -0.4 is 9.80 Å². The van der Waals surface area contributed by atoms with Crippen molar-refractivity contribution in [1.82, 2.24) is 0 Å². The first-order valence-electron chi connectivity index (χ1n) is 8.49. The molecule has 3 aromatic rings. The third kappa shape index (κ3) is 3.16. The zero-order valence-electron chi connectivity index (χ0n) is 14.6. The van der Waals surface area contributed by atoms with Crippen molar-refractivity contribution in [3.63, 3.8) is 0 Å². The minimum Gasteiger partial charge on any atom is -0.262 e. The number of hydrogen-bond acceptors (Lipinski definition) is 5. The monoisotopic (exact) mass is 370 g/mol. The van der Waals surface area contributed by atoms with E-state index >= 15 is 0 Å². The zero-order valence-corrected chi connectivity index (χ0v) is 14.6. The van der Waals surface area contributed by atoms with Gasteiger partial charge in [0.15, 0.2) is 0 Å². The molecule has 7 nitrogen and oxygen atoms in total. The quantitative estimate of drug-likeness (QED) is 0.382. The second-order valence-corrected chi connectivity index (χ2v) is 5.95. The van der Waals surface area contributed by atoms with E-state index in [4.69, 9.17) is 0 Å². The molecule has 0 aliphatic carbocycles. The number of para-hydroxylation sites is 1. The van der Waals surface area contributed by atoms with Crippen LogP contribution >= 0.6 is 0 Å². The van der Waals surface area contributed by atoms with Crippen LogP contribution in [0.3, 0.4) is 0 Å². The molecule has 0 spiro atoms. The van der Waals surface area contributed by atoms with Crippen LogP contribution in [0.2, 0.25) is 0 Å². The first kappa shape index (κ1) is 17.3.